The smallest absolute Gasteiger partial charge is 0.214 e. The molecule has 1 aliphatic rings. The fourth-order valence-electron chi connectivity index (χ4n) is 2.44. The van der Waals surface area contributed by atoms with E-state index >= 15 is 0 Å². The van der Waals surface area contributed by atoms with Crippen molar-refractivity contribution in [3.05, 3.63) is 53.7 Å². The topological polar surface area (TPSA) is 84.3 Å². The van der Waals surface area contributed by atoms with E-state index in [1.54, 1.807) is 6.20 Å². The van der Waals surface area contributed by atoms with Gasteiger partial charge in [0.05, 0.1) is 11.4 Å². The molecule has 8 heteroatoms. The lowest BCUT2D eigenvalue weighted by Crippen LogP contribution is -2.35. The first-order valence-corrected chi connectivity index (χ1v) is 9.26. The van der Waals surface area contributed by atoms with Crippen molar-refractivity contribution < 1.29 is 4.74 Å². The Morgan fingerprint density at radius 2 is 2.12 bits per heavy atom. The summed E-state index contributed by atoms with van der Waals surface area (Å²) in [5.74, 6) is 1.33. The molecule has 0 saturated heterocycles. The van der Waals surface area contributed by atoms with Gasteiger partial charge in [-0.05, 0) is 24.6 Å². The minimum absolute atomic E-state index is 0.382. The fourth-order valence-corrected chi connectivity index (χ4v) is 3.14. The maximum absolute atomic E-state index is 5.74. The lowest BCUT2D eigenvalue weighted by atomic mass is 10.3. The second kappa shape index (κ2) is 7.92. The Morgan fingerprint density at radius 3 is 2.96 bits per heavy atom. The summed E-state index contributed by atoms with van der Waals surface area (Å²) in [5, 5.41) is 9.19. The molecule has 0 atom stereocenters. The maximum atomic E-state index is 5.74. The molecule has 0 spiro atoms. The van der Waals surface area contributed by atoms with Crippen molar-refractivity contribution in [1.82, 2.24) is 20.3 Å². The Labute approximate surface area is 155 Å². The van der Waals surface area contributed by atoms with E-state index in [9.17, 15) is 0 Å². The van der Waals surface area contributed by atoms with Crippen LogP contribution in [0.4, 0.5) is 5.13 Å². The molecule has 26 heavy (non-hydrogen) atoms. The van der Waals surface area contributed by atoms with Gasteiger partial charge in [0, 0.05) is 30.7 Å². The van der Waals surface area contributed by atoms with Gasteiger partial charge in [-0.1, -0.05) is 12.1 Å². The number of rotatable bonds is 5. The van der Waals surface area contributed by atoms with Gasteiger partial charge in [-0.25, -0.2) is 9.97 Å². The SMILES string of the molecule is c1ccc(COc2cccc(-c3csc(NC4=NCCCN4)n3)n2)nc1. The van der Waals surface area contributed by atoms with E-state index in [4.69, 9.17) is 4.74 Å². The van der Waals surface area contributed by atoms with Crippen LogP contribution in [0.5, 0.6) is 5.88 Å². The van der Waals surface area contributed by atoms with Gasteiger partial charge in [-0.15, -0.1) is 11.3 Å². The first-order chi connectivity index (χ1) is 12.9. The van der Waals surface area contributed by atoms with E-state index in [2.05, 4.69) is 30.6 Å². The average Bonchev–Trinajstić information content (AvgIpc) is 3.17. The van der Waals surface area contributed by atoms with Crippen LogP contribution in [-0.2, 0) is 6.61 Å². The van der Waals surface area contributed by atoms with Crippen LogP contribution < -0.4 is 15.4 Å². The maximum Gasteiger partial charge on any atom is 0.214 e. The Kier molecular flexibility index (Phi) is 5.02. The Bertz CT molecular complexity index is 895. The molecule has 0 radical (unpaired) electrons. The van der Waals surface area contributed by atoms with Crippen molar-refractivity contribution in [3.63, 3.8) is 0 Å². The predicted octanol–water partition coefficient (Wildman–Crippen LogP) is 2.94. The van der Waals surface area contributed by atoms with Crippen molar-refractivity contribution in [3.8, 4) is 17.3 Å². The molecule has 0 amide bonds. The summed E-state index contributed by atoms with van der Waals surface area (Å²) < 4.78 is 5.74. The normalized spacial score (nSPS) is 13.6. The molecule has 0 fully saturated rings. The van der Waals surface area contributed by atoms with E-state index in [0.717, 1.165) is 47.7 Å². The van der Waals surface area contributed by atoms with Gasteiger partial charge in [-0.3, -0.25) is 9.98 Å². The molecule has 0 aliphatic carbocycles. The lowest BCUT2D eigenvalue weighted by molar-refractivity contribution is 0.289. The third-order valence-corrected chi connectivity index (χ3v) is 4.46. The summed E-state index contributed by atoms with van der Waals surface area (Å²) in [5.41, 5.74) is 2.43. The van der Waals surface area contributed by atoms with Crippen LogP contribution in [0.1, 0.15) is 12.1 Å². The first-order valence-electron chi connectivity index (χ1n) is 8.38. The number of guanidine groups is 1. The van der Waals surface area contributed by atoms with E-state index in [1.165, 1.54) is 11.3 Å². The number of thiazole rings is 1. The zero-order chi connectivity index (χ0) is 17.6. The van der Waals surface area contributed by atoms with Gasteiger partial charge in [0.15, 0.2) is 11.1 Å². The molecule has 2 N–H and O–H groups in total. The van der Waals surface area contributed by atoms with Crippen LogP contribution >= 0.6 is 11.3 Å². The Morgan fingerprint density at radius 1 is 1.12 bits per heavy atom. The second-order valence-corrected chi connectivity index (χ2v) is 6.50. The standard InChI is InChI=1S/C18H18N6OS/c1-2-8-19-13(5-1)11-25-16-7-3-6-14(22-16)15-12-26-18(23-15)24-17-20-9-4-10-21-17/h1-3,5-8,12H,4,9-11H2,(H2,20,21,23,24). The number of nitrogens with zero attached hydrogens (tertiary/aromatic N) is 4. The molecule has 1 aliphatic heterocycles. The highest BCUT2D eigenvalue weighted by atomic mass is 32.1. The monoisotopic (exact) mass is 366 g/mol. The third-order valence-electron chi connectivity index (χ3n) is 3.71. The number of anilines is 1. The summed E-state index contributed by atoms with van der Waals surface area (Å²) >= 11 is 1.52. The molecule has 0 saturated carbocycles. The lowest BCUT2D eigenvalue weighted by Gasteiger charge is -2.14. The van der Waals surface area contributed by atoms with Crippen LogP contribution in [0.15, 0.2) is 53.0 Å². The zero-order valence-electron chi connectivity index (χ0n) is 14.1. The van der Waals surface area contributed by atoms with E-state index < -0.39 is 0 Å². The zero-order valence-corrected chi connectivity index (χ0v) is 14.9. The number of hydrogen-bond donors (Lipinski definition) is 2. The van der Waals surface area contributed by atoms with Crippen molar-refractivity contribution in [2.75, 3.05) is 18.4 Å². The number of pyridine rings is 2. The first kappa shape index (κ1) is 16.5. The molecule has 4 rings (SSSR count). The van der Waals surface area contributed by atoms with Crippen molar-refractivity contribution in [2.24, 2.45) is 4.99 Å². The number of aliphatic imine (C=N–C) groups is 1. The second-order valence-electron chi connectivity index (χ2n) is 5.64. The average molecular weight is 366 g/mol. The van der Waals surface area contributed by atoms with Gasteiger partial charge in [0.25, 0.3) is 0 Å². The highest BCUT2D eigenvalue weighted by Gasteiger charge is 2.10. The summed E-state index contributed by atoms with van der Waals surface area (Å²) in [7, 11) is 0. The molecule has 0 bridgehead atoms. The quantitative estimate of drug-likeness (QED) is 0.722. The van der Waals surface area contributed by atoms with E-state index in [0.29, 0.717) is 12.5 Å². The fraction of sp³-hybridized carbons (Fsp3) is 0.222. The van der Waals surface area contributed by atoms with Crippen LogP contribution in [-0.4, -0.2) is 34.0 Å². The summed E-state index contributed by atoms with van der Waals surface area (Å²) in [6.45, 7) is 2.15. The van der Waals surface area contributed by atoms with Crippen LogP contribution in [0.3, 0.4) is 0 Å². The van der Waals surface area contributed by atoms with E-state index in [1.807, 2.05) is 41.8 Å². The van der Waals surface area contributed by atoms with Crippen LogP contribution in [0.2, 0.25) is 0 Å². The predicted molar refractivity (Wildman–Crippen MR) is 102 cm³/mol. The summed E-state index contributed by atoms with van der Waals surface area (Å²) in [6.07, 6.45) is 2.81. The van der Waals surface area contributed by atoms with Crippen molar-refractivity contribution >= 4 is 22.4 Å². The molecule has 0 aromatic carbocycles. The van der Waals surface area contributed by atoms with Crippen molar-refractivity contribution in [1.29, 1.82) is 0 Å². The molecule has 4 heterocycles. The van der Waals surface area contributed by atoms with Gasteiger partial charge >= 0.3 is 0 Å². The van der Waals surface area contributed by atoms with Gasteiger partial charge in [-0.2, -0.15) is 0 Å². The number of ether oxygens (including phenoxy) is 1. The van der Waals surface area contributed by atoms with Gasteiger partial charge in [0.1, 0.15) is 12.3 Å². The van der Waals surface area contributed by atoms with Crippen molar-refractivity contribution in [2.45, 2.75) is 13.0 Å². The van der Waals surface area contributed by atoms with E-state index in [-0.39, 0.29) is 0 Å². The molecule has 3 aromatic rings. The highest BCUT2D eigenvalue weighted by Crippen LogP contribution is 2.25. The Hall–Kier alpha value is -3.00. The number of nitrogens with one attached hydrogen (secondary N) is 2. The van der Waals surface area contributed by atoms with Crippen LogP contribution in [0, 0.1) is 0 Å². The highest BCUT2D eigenvalue weighted by molar-refractivity contribution is 7.14. The molecule has 0 unspecified atom stereocenters. The molecule has 132 valence electrons. The Balaban J connectivity index is 1.43. The number of aromatic nitrogens is 3. The molecule has 7 nitrogen and oxygen atoms in total. The van der Waals surface area contributed by atoms with Crippen LogP contribution in [0.25, 0.3) is 11.4 Å². The minimum atomic E-state index is 0.382. The molecule has 3 aromatic heterocycles. The largest absolute Gasteiger partial charge is 0.471 e. The molecular formula is C18H18N6OS. The molecular weight excluding hydrogens is 348 g/mol. The summed E-state index contributed by atoms with van der Waals surface area (Å²) in [6, 6.07) is 11.4. The van der Waals surface area contributed by atoms with Gasteiger partial charge < -0.3 is 15.4 Å². The minimum Gasteiger partial charge on any atom is -0.471 e. The third kappa shape index (κ3) is 4.15. The summed E-state index contributed by atoms with van der Waals surface area (Å²) in [4.78, 5) is 17.8. The number of hydrogen-bond acceptors (Lipinski definition) is 8. The van der Waals surface area contributed by atoms with Gasteiger partial charge in [0.2, 0.25) is 5.88 Å².